The third-order valence-electron chi connectivity index (χ3n) is 2.99. The minimum absolute atomic E-state index is 0.0321. The Morgan fingerprint density at radius 2 is 2.10 bits per heavy atom. The van der Waals surface area contributed by atoms with Gasteiger partial charge in [-0.3, -0.25) is 0 Å². The molecule has 0 atom stereocenters. The van der Waals surface area contributed by atoms with Gasteiger partial charge in [0.15, 0.2) is 9.84 Å². The standard InChI is InChI=1S/C13H16ClN3O2S/c1-2-20(18,19)7-6-17-13(15)9-12(16-17)10-4-3-5-11(14)8-10/h3-5,8-9H,2,6-7,15H2,1H3. The smallest absolute Gasteiger partial charge is 0.151 e. The summed E-state index contributed by atoms with van der Waals surface area (Å²) in [6.45, 7) is 1.88. The summed E-state index contributed by atoms with van der Waals surface area (Å²) in [4.78, 5) is 0. The molecule has 0 aliphatic carbocycles. The molecule has 20 heavy (non-hydrogen) atoms. The van der Waals surface area contributed by atoms with Gasteiger partial charge >= 0.3 is 0 Å². The summed E-state index contributed by atoms with van der Waals surface area (Å²) in [7, 11) is -3.03. The van der Waals surface area contributed by atoms with Crippen LogP contribution >= 0.6 is 11.6 Å². The molecule has 0 amide bonds. The number of nitrogens with zero attached hydrogens (tertiary/aromatic N) is 2. The van der Waals surface area contributed by atoms with Crippen LogP contribution in [0.5, 0.6) is 0 Å². The van der Waals surface area contributed by atoms with Crippen molar-refractivity contribution < 1.29 is 8.42 Å². The predicted octanol–water partition coefficient (Wildman–Crippen LogP) is 2.22. The summed E-state index contributed by atoms with van der Waals surface area (Å²) in [5.41, 5.74) is 7.39. The van der Waals surface area contributed by atoms with Gasteiger partial charge in [0.2, 0.25) is 0 Å². The molecule has 0 bridgehead atoms. The van der Waals surface area contributed by atoms with Crippen LogP contribution in [0.25, 0.3) is 11.3 Å². The van der Waals surface area contributed by atoms with Gasteiger partial charge in [-0.2, -0.15) is 5.10 Å². The molecule has 0 unspecified atom stereocenters. The highest BCUT2D eigenvalue weighted by molar-refractivity contribution is 7.91. The number of hydrogen-bond donors (Lipinski definition) is 1. The fraction of sp³-hybridized carbons (Fsp3) is 0.308. The zero-order chi connectivity index (χ0) is 14.8. The van der Waals surface area contributed by atoms with E-state index >= 15 is 0 Å². The number of hydrogen-bond acceptors (Lipinski definition) is 4. The van der Waals surface area contributed by atoms with Crippen molar-refractivity contribution in [3.63, 3.8) is 0 Å². The van der Waals surface area contributed by atoms with E-state index in [9.17, 15) is 8.42 Å². The van der Waals surface area contributed by atoms with Crippen LogP contribution in [0.1, 0.15) is 6.92 Å². The second-order valence-electron chi connectivity index (χ2n) is 4.42. The lowest BCUT2D eigenvalue weighted by molar-refractivity contribution is 0.583. The van der Waals surface area contributed by atoms with Gasteiger partial charge in [0.25, 0.3) is 0 Å². The predicted molar refractivity (Wildman–Crippen MR) is 81.4 cm³/mol. The molecule has 0 aliphatic rings. The first-order chi connectivity index (χ1) is 9.41. The van der Waals surface area contributed by atoms with Crippen molar-refractivity contribution >= 4 is 27.3 Å². The summed E-state index contributed by atoms with van der Waals surface area (Å²) in [5.74, 6) is 0.589. The molecule has 7 heteroatoms. The molecule has 2 aromatic rings. The van der Waals surface area contributed by atoms with Crippen molar-refractivity contribution in [2.24, 2.45) is 0 Å². The first kappa shape index (κ1) is 14.9. The number of anilines is 1. The molecular formula is C13H16ClN3O2S. The van der Waals surface area contributed by atoms with Crippen LogP contribution in [0.2, 0.25) is 5.02 Å². The highest BCUT2D eigenvalue weighted by Gasteiger charge is 2.11. The molecule has 0 radical (unpaired) electrons. The molecule has 1 aromatic heterocycles. The largest absolute Gasteiger partial charge is 0.384 e. The lowest BCUT2D eigenvalue weighted by Gasteiger charge is -2.03. The molecule has 0 saturated carbocycles. The fourth-order valence-corrected chi connectivity index (χ4v) is 2.70. The minimum Gasteiger partial charge on any atom is -0.384 e. The van der Waals surface area contributed by atoms with E-state index in [2.05, 4.69) is 5.10 Å². The number of aryl methyl sites for hydroxylation is 1. The van der Waals surface area contributed by atoms with E-state index in [0.717, 1.165) is 5.56 Å². The average Bonchev–Trinajstić information content (AvgIpc) is 2.78. The van der Waals surface area contributed by atoms with Gasteiger partial charge in [-0.05, 0) is 12.1 Å². The van der Waals surface area contributed by atoms with E-state index in [1.807, 2.05) is 12.1 Å². The van der Waals surface area contributed by atoms with Crippen molar-refractivity contribution in [1.82, 2.24) is 9.78 Å². The number of halogens is 1. The minimum atomic E-state index is -3.03. The van der Waals surface area contributed by atoms with Crippen LogP contribution in [-0.4, -0.2) is 29.7 Å². The lowest BCUT2D eigenvalue weighted by atomic mass is 10.1. The maximum absolute atomic E-state index is 11.5. The van der Waals surface area contributed by atoms with Gasteiger partial charge in [0, 0.05) is 22.4 Å². The molecule has 0 spiro atoms. The molecule has 0 aliphatic heterocycles. The maximum Gasteiger partial charge on any atom is 0.151 e. The van der Waals surface area contributed by atoms with Gasteiger partial charge < -0.3 is 5.73 Å². The third-order valence-corrected chi connectivity index (χ3v) is 4.90. The Bertz CT molecular complexity index is 710. The summed E-state index contributed by atoms with van der Waals surface area (Å²) in [5, 5.41) is 4.94. The Kier molecular flexibility index (Phi) is 4.35. The zero-order valence-electron chi connectivity index (χ0n) is 11.1. The monoisotopic (exact) mass is 313 g/mol. The van der Waals surface area contributed by atoms with Crippen LogP contribution in [0, 0.1) is 0 Å². The number of nitrogens with two attached hydrogens (primary N) is 1. The fourth-order valence-electron chi connectivity index (χ4n) is 1.77. The van der Waals surface area contributed by atoms with Gasteiger partial charge in [-0.25, -0.2) is 13.1 Å². The molecule has 1 aromatic carbocycles. The number of nitrogen functional groups attached to an aromatic ring is 1. The highest BCUT2D eigenvalue weighted by atomic mass is 35.5. The summed E-state index contributed by atoms with van der Waals surface area (Å²) >= 11 is 5.94. The summed E-state index contributed by atoms with van der Waals surface area (Å²) in [6.07, 6.45) is 0. The Morgan fingerprint density at radius 1 is 1.35 bits per heavy atom. The first-order valence-corrected chi connectivity index (χ1v) is 8.41. The molecule has 0 fully saturated rings. The number of rotatable bonds is 5. The van der Waals surface area contributed by atoms with Crippen molar-refractivity contribution in [2.75, 3.05) is 17.2 Å². The van der Waals surface area contributed by atoms with Crippen LogP contribution in [-0.2, 0) is 16.4 Å². The van der Waals surface area contributed by atoms with E-state index in [4.69, 9.17) is 17.3 Å². The topological polar surface area (TPSA) is 78.0 Å². The molecule has 2 N–H and O–H groups in total. The molecule has 5 nitrogen and oxygen atoms in total. The number of aromatic nitrogens is 2. The maximum atomic E-state index is 11.5. The summed E-state index contributed by atoms with van der Waals surface area (Å²) in [6, 6.07) is 8.98. The van der Waals surface area contributed by atoms with Crippen molar-refractivity contribution in [2.45, 2.75) is 13.5 Å². The van der Waals surface area contributed by atoms with Crippen molar-refractivity contribution in [1.29, 1.82) is 0 Å². The van der Waals surface area contributed by atoms with Crippen LogP contribution in [0.15, 0.2) is 30.3 Å². The van der Waals surface area contributed by atoms with Crippen LogP contribution in [0.3, 0.4) is 0 Å². The molecule has 0 saturated heterocycles. The number of sulfone groups is 1. The van der Waals surface area contributed by atoms with Crippen LogP contribution in [0.4, 0.5) is 5.82 Å². The third kappa shape index (κ3) is 3.52. The molecular weight excluding hydrogens is 298 g/mol. The van der Waals surface area contributed by atoms with Crippen LogP contribution < -0.4 is 5.73 Å². The van der Waals surface area contributed by atoms with Gasteiger partial charge in [-0.1, -0.05) is 30.7 Å². The molecule has 1 heterocycles. The average molecular weight is 314 g/mol. The second-order valence-corrected chi connectivity index (χ2v) is 7.33. The molecule has 2 rings (SSSR count). The first-order valence-electron chi connectivity index (χ1n) is 6.21. The molecule has 108 valence electrons. The number of benzene rings is 1. The van der Waals surface area contributed by atoms with Gasteiger partial charge in [0.05, 0.1) is 18.0 Å². The van der Waals surface area contributed by atoms with Crippen molar-refractivity contribution in [3.05, 3.63) is 35.4 Å². The lowest BCUT2D eigenvalue weighted by Crippen LogP contribution is -2.16. The SMILES string of the molecule is CCS(=O)(=O)CCn1nc(-c2cccc(Cl)c2)cc1N. The Balaban J connectivity index is 2.22. The normalized spacial score (nSPS) is 11.7. The Morgan fingerprint density at radius 3 is 2.75 bits per heavy atom. The quantitative estimate of drug-likeness (QED) is 0.918. The van der Waals surface area contributed by atoms with E-state index in [-0.39, 0.29) is 18.1 Å². The zero-order valence-corrected chi connectivity index (χ0v) is 12.7. The Labute approximate surface area is 123 Å². The second kappa shape index (κ2) is 5.85. The van der Waals surface area contributed by atoms with Crippen molar-refractivity contribution in [3.8, 4) is 11.3 Å². The van der Waals surface area contributed by atoms with E-state index in [1.54, 1.807) is 25.1 Å². The summed E-state index contributed by atoms with van der Waals surface area (Å²) < 4.78 is 24.5. The van der Waals surface area contributed by atoms with E-state index < -0.39 is 9.84 Å². The van der Waals surface area contributed by atoms with E-state index in [0.29, 0.717) is 16.5 Å². The van der Waals surface area contributed by atoms with Gasteiger partial charge in [0.1, 0.15) is 5.82 Å². The van der Waals surface area contributed by atoms with Gasteiger partial charge in [-0.15, -0.1) is 0 Å². The highest BCUT2D eigenvalue weighted by Crippen LogP contribution is 2.23. The Hall–Kier alpha value is -1.53. The van der Waals surface area contributed by atoms with E-state index in [1.165, 1.54) is 4.68 Å².